The maximum absolute atomic E-state index is 11.4. The second-order valence-corrected chi connectivity index (χ2v) is 6.32. The van der Waals surface area contributed by atoms with Gasteiger partial charge in [0.2, 0.25) is 0 Å². The van der Waals surface area contributed by atoms with Crippen LogP contribution in [0.2, 0.25) is 0 Å². The van der Waals surface area contributed by atoms with Crippen LogP contribution in [-0.4, -0.2) is 48.6 Å². The molecule has 0 spiro atoms. The molecule has 20 heavy (non-hydrogen) atoms. The van der Waals surface area contributed by atoms with E-state index in [0.29, 0.717) is 25.2 Å². The van der Waals surface area contributed by atoms with Crippen molar-refractivity contribution < 1.29 is 19.4 Å². The van der Waals surface area contributed by atoms with Crippen LogP contribution in [0.3, 0.4) is 0 Å². The molecule has 5 nitrogen and oxygen atoms in total. The van der Waals surface area contributed by atoms with E-state index in [1.807, 2.05) is 0 Å². The van der Waals surface area contributed by atoms with E-state index in [0.717, 1.165) is 38.5 Å². The van der Waals surface area contributed by atoms with Crippen molar-refractivity contribution in [1.82, 2.24) is 5.32 Å². The number of aliphatic carboxylic acids is 1. The lowest BCUT2D eigenvalue weighted by molar-refractivity contribution is -0.145. The molecular weight excluding hydrogens is 258 g/mol. The first-order chi connectivity index (χ1) is 9.53. The molecule has 0 heterocycles. The van der Waals surface area contributed by atoms with Gasteiger partial charge < -0.3 is 14.6 Å². The molecule has 5 heteroatoms. The molecule has 3 unspecified atom stereocenters. The van der Waals surface area contributed by atoms with Gasteiger partial charge in [-0.2, -0.15) is 0 Å². The van der Waals surface area contributed by atoms with Crippen LogP contribution in [0.15, 0.2) is 0 Å². The standard InChI is InChI=1S/C15H27NO4/c1-15(14(17)18,16-11-6-7-11)8-9-20-13-5-3-4-12(10-13)19-2/h11-13,16H,3-10H2,1-2H3,(H,17,18). The Labute approximate surface area is 121 Å². The molecular formula is C15H27NO4. The average molecular weight is 285 g/mol. The van der Waals surface area contributed by atoms with Crippen molar-refractivity contribution in [1.29, 1.82) is 0 Å². The first kappa shape index (κ1) is 15.7. The van der Waals surface area contributed by atoms with Crippen molar-refractivity contribution in [3.05, 3.63) is 0 Å². The first-order valence-corrected chi connectivity index (χ1v) is 7.69. The Morgan fingerprint density at radius 3 is 2.60 bits per heavy atom. The van der Waals surface area contributed by atoms with Crippen LogP contribution in [0.25, 0.3) is 0 Å². The minimum atomic E-state index is -0.865. The normalized spacial score (nSPS) is 29.9. The van der Waals surface area contributed by atoms with E-state index in [-0.39, 0.29) is 6.10 Å². The van der Waals surface area contributed by atoms with E-state index < -0.39 is 11.5 Å². The van der Waals surface area contributed by atoms with Crippen molar-refractivity contribution in [2.24, 2.45) is 0 Å². The molecule has 2 fully saturated rings. The Morgan fingerprint density at radius 2 is 2.00 bits per heavy atom. The van der Waals surface area contributed by atoms with Gasteiger partial charge in [0.1, 0.15) is 5.54 Å². The topological polar surface area (TPSA) is 67.8 Å². The SMILES string of the molecule is COC1CCCC(OCCC(C)(NC2CC2)C(=O)O)C1. The summed E-state index contributed by atoms with van der Waals surface area (Å²) in [4.78, 5) is 11.4. The van der Waals surface area contributed by atoms with Crippen molar-refractivity contribution in [3.63, 3.8) is 0 Å². The zero-order chi connectivity index (χ0) is 14.6. The zero-order valence-electron chi connectivity index (χ0n) is 12.6. The third-order valence-corrected chi connectivity index (χ3v) is 4.44. The van der Waals surface area contributed by atoms with E-state index in [4.69, 9.17) is 9.47 Å². The van der Waals surface area contributed by atoms with Gasteiger partial charge in [-0.05, 0) is 51.9 Å². The fourth-order valence-electron chi connectivity index (χ4n) is 2.82. The summed E-state index contributed by atoms with van der Waals surface area (Å²) in [7, 11) is 1.74. The van der Waals surface area contributed by atoms with Crippen molar-refractivity contribution in [2.75, 3.05) is 13.7 Å². The van der Waals surface area contributed by atoms with E-state index in [1.165, 1.54) is 0 Å². The summed E-state index contributed by atoms with van der Waals surface area (Å²) in [5.41, 5.74) is -0.865. The highest BCUT2D eigenvalue weighted by Gasteiger charge is 2.38. The van der Waals surface area contributed by atoms with E-state index in [2.05, 4.69) is 5.32 Å². The van der Waals surface area contributed by atoms with Gasteiger partial charge in [-0.25, -0.2) is 0 Å². The largest absolute Gasteiger partial charge is 0.480 e. The number of nitrogens with one attached hydrogen (secondary N) is 1. The molecule has 2 aliphatic rings. The number of carbonyl (C=O) groups is 1. The number of hydrogen-bond acceptors (Lipinski definition) is 4. The fourth-order valence-corrected chi connectivity index (χ4v) is 2.82. The maximum atomic E-state index is 11.4. The Balaban J connectivity index is 1.73. The molecule has 0 radical (unpaired) electrons. The summed E-state index contributed by atoms with van der Waals surface area (Å²) >= 11 is 0. The second kappa shape index (κ2) is 6.87. The highest BCUT2D eigenvalue weighted by atomic mass is 16.5. The summed E-state index contributed by atoms with van der Waals surface area (Å²) in [6, 6.07) is 0.378. The zero-order valence-corrected chi connectivity index (χ0v) is 12.6. The average Bonchev–Trinajstić information content (AvgIpc) is 3.22. The van der Waals surface area contributed by atoms with Crippen LogP contribution in [-0.2, 0) is 14.3 Å². The van der Waals surface area contributed by atoms with Crippen LogP contribution in [0.4, 0.5) is 0 Å². The third-order valence-electron chi connectivity index (χ3n) is 4.44. The molecule has 0 aliphatic heterocycles. The lowest BCUT2D eigenvalue weighted by Crippen LogP contribution is -2.51. The summed E-state index contributed by atoms with van der Waals surface area (Å²) in [5.74, 6) is -0.786. The van der Waals surface area contributed by atoms with E-state index in [9.17, 15) is 9.90 Å². The predicted octanol–water partition coefficient (Wildman–Crippen LogP) is 1.95. The van der Waals surface area contributed by atoms with Gasteiger partial charge in [-0.15, -0.1) is 0 Å². The van der Waals surface area contributed by atoms with Gasteiger partial charge in [-0.1, -0.05) is 0 Å². The number of carboxylic acids is 1. The monoisotopic (exact) mass is 285 g/mol. The van der Waals surface area contributed by atoms with Crippen molar-refractivity contribution in [3.8, 4) is 0 Å². The molecule has 3 atom stereocenters. The number of rotatable bonds is 8. The summed E-state index contributed by atoms with van der Waals surface area (Å²) in [5, 5.41) is 12.6. The molecule has 0 aromatic heterocycles. The molecule has 2 saturated carbocycles. The summed E-state index contributed by atoms with van der Waals surface area (Å²) in [6.45, 7) is 2.25. The Bertz CT molecular complexity index is 332. The van der Waals surface area contributed by atoms with Crippen LogP contribution in [0, 0.1) is 0 Å². The van der Waals surface area contributed by atoms with Crippen LogP contribution in [0.1, 0.15) is 51.9 Å². The molecule has 2 rings (SSSR count). The quantitative estimate of drug-likeness (QED) is 0.713. The van der Waals surface area contributed by atoms with Gasteiger partial charge >= 0.3 is 5.97 Å². The van der Waals surface area contributed by atoms with E-state index in [1.54, 1.807) is 14.0 Å². The number of hydrogen-bond donors (Lipinski definition) is 2. The minimum absolute atomic E-state index is 0.215. The molecule has 2 N–H and O–H groups in total. The highest BCUT2D eigenvalue weighted by Crippen LogP contribution is 2.26. The van der Waals surface area contributed by atoms with Crippen LogP contribution >= 0.6 is 0 Å². The molecule has 0 aromatic carbocycles. The maximum Gasteiger partial charge on any atom is 0.323 e. The minimum Gasteiger partial charge on any atom is -0.480 e. The molecule has 0 amide bonds. The molecule has 2 aliphatic carbocycles. The lowest BCUT2D eigenvalue weighted by Gasteiger charge is -2.30. The van der Waals surface area contributed by atoms with Gasteiger partial charge in [0.15, 0.2) is 0 Å². The van der Waals surface area contributed by atoms with Gasteiger partial charge in [-0.3, -0.25) is 10.1 Å². The predicted molar refractivity (Wildman–Crippen MR) is 75.8 cm³/mol. The number of carboxylic acid groups (broad SMARTS) is 1. The van der Waals surface area contributed by atoms with Gasteiger partial charge in [0, 0.05) is 19.8 Å². The first-order valence-electron chi connectivity index (χ1n) is 7.69. The molecule has 0 saturated heterocycles. The van der Waals surface area contributed by atoms with Crippen molar-refractivity contribution in [2.45, 2.75) is 75.7 Å². The van der Waals surface area contributed by atoms with E-state index >= 15 is 0 Å². The van der Waals surface area contributed by atoms with Gasteiger partial charge in [0.05, 0.1) is 12.2 Å². The number of ether oxygens (including phenoxy) is 2. The summed E-state index contributed by atoms with van der Waals surface area (Å²) in [6.07, 6.45) is 7.40. The van der Waals surface area contributed by atoms with Crippen LogP contribution < -0.4 is 5.32 Å². The van der Waals surface area contributed by atoms with Crippen molar-refractivity contribution >= 4 is 5.97 Å². The third kappa shape index (κ3) is 4.43. The second-order valence-electron chi connectivity index (χ2n) is 6.32. The molecule has 116 valence electrons. The molecule has 0 bridgehead atoms. The Morgan fingerprint density at radius 1 is 1.30 bits per heavy atom. The molecule has 0 aromatic rings. The Hall–Kier alpha value is -0.650. The summed E-state index contributed by atoms with van der Waals surface area (Å²) < 4.78 is 11.3. The highest BCUT2D eigenvalue weighted by molar-refractivity contribution is 5.78. The number of methoxy groups -OCH3 is 1. The van der Waals surface area contributed by atoms with Crippen LogP contribution in [0.5, 0.6) is 0 Å². The lowest BCUT2D eigenvalue weighted by atomic mass is 9.94. The smallest absolute Gasteiger partial charge is 0.323 e. The Kier molecular flexibility index (Phi) is 5.41. The fraction of sp³-hybridized carbons (Fsp3) is 0.933. The van der Waals surface area contributed by atoms with Gasteiger partial charge in [0.25, 0.3) is 0 Å².